The third-order valence-electron chi connectivity index (χ3n) is 5.01. The molecule has 1 aromatic carbocycles. The Kier molecular flexibility index (Phi) is 6.29. The summed E-state index contributed by atoms with van der Waals surface area (Å²) in [7, 11) is 1.37. The summed E-state index contributed by atoms with van der Waals surface area (Å²) in [6, 6.07) is 5.49. The summed E-state index contributed by atoms with van der Waals surface area (Å²) in [6.45, 7) is 8.90. The van der Waals surface area contributed by atoms with Gasteiger partial charge in [-0.1, -0.05) is 17.7 Å². The molecule has 0 N–H and O–H groups in total. The van der Waals surface area contributed by atoms with Crippen molar-refractivity contribution >= 4 is 23.7 Å². The van der Waals surface area contributed by atoms with Crippen molar-refractivity contribution in [2.24, 2.45) is 0 Å². The topological polar surface area (TPSA) is 68.3 Å². The van der Waals surface area contributed by atoms with Crippen LogP contribution in [0.5, 0.6) is 5.75 Å². The van der Waals surface area contributed by atoms with E-state index in [1.165, 1.54) is 7.11 Å². The first kappa shape index (κ1) is 21.7. The fraction of sp³-hybridized carbons (Fsp3) is 0.619. The van der Waals surface area contributed by atoms with Gasteiger partial charge in [0.2, 0.25) is 5.60 Å². The standard InChI is InChI=1S/C21H29ClN2O5/c1-20(2,3)29-19(26)24-11-9-23(10-12-24)14-15-5-6-16(22)13-17(15)28-21(7-8-21)18(25)27-4/h5-6,13H,7-12,14H2,1-4H3. The molecule has 1 aromatic rings. The maximum atomic E-state index is 12.2. The Morgan fingerprint density at radius 1 is 1.14 bits per heavy atom. The van der Waals surface area contributed by atoms with Crippen molar-refractivity contribution in [2.45, 2.75) is 51.4 Å². The number of ether oxygens (including phenoxy) is 3. The van der Waals surface area contributed by atoms with Crippen molar-refractivity contribution in [1.82, 2.24) is 9.80 Å². The Morgan fingerprint density at radius 3 is 2.34 bits per heavy atom. The van der Waals surface area contributed by atoms with Gasteiger partial charge in [-0.05, 0) is 32.9 Å². The van der Waals surface area contributed by atoms with Gasteiger partial charge in [-0.3, -0.25) is 4.90 Å². The van der Waals surface area contributed by atoms with Gasteiger partial charge in [0, 0.05) is 56.2 Å². The molecule has 1 aliphatic heterocycles. The van der Waals surface area contributed by atoms with Gasteiger partial charge in [-0.25, -0.2) is 9.59 Å². The molecular weight excluding hydrogens is 396 g/mol. The van der Waals surface area contributed by atoms with E-state index in [1.807, 2.05) is 32.9 Å². The summed E-state index contributed by atoms with van der Waals surface area (Å²) in [5.41, 5.74) is -0.429. The second kappa shape index (κ2) is 8.40. The summed E-state index contributed by atoms with van der Waals surface area (Å²) in [5, 5.41) is 0.555. The van der Waals surface area contributed by atoms with Gasteiger partial charge in [-0.2, -0.15) is 0 Å². The molecule has 1 heterocycles. The largest absolute Gasteiger partial charge is 0.475 e. The third-order valence-corrected chi connectivity index (χ3v) is 5.25. The maximum absolute atomic E-state index is 12.2. The summed E-state index contributed by atoms with van der Waals surface area (Å²) in [4.78, 5) is 28.3. The van der Waals surface area contributed by atoms with Crippen molar-refractivity contribution in [3.8, 4) is 5.75 Å². The summed E-state index contributed by atoms with van der Waals surface area (Å²) in [6.07, 6.45) is 1.00. The molecule has 0 unspecified atom stereocenters. The highest BCUT2D eigenvalue weighted by Gasteiger charge is 2.54. The molecule has 160 valence electrons. The number of hydrogen-bond acceptors (Lipinski definition) is 6. The fourth-order valence-corrected chi connectivity index (χ4v) is 3.43. The van der Waals surface area contributed by atoms with E-state index in [2.05, 4.69) is 4.90 Å². The minimum absolute atomic E-state index is 0.276. The Bertz CT molecular complexity index is 765. The molecule has 1 saturated heterocycles. The quantitative estimate of drug-likeness (QED) is 0.674. The fourth-order valence-electron chi connectivity index (χ4n) is 3.27. The van der Waals surface area contributed by atoms with Crippen LogP contribution < -0.4 is 4.74 Å². The molecule has 0 aromatic heterocycles. The SMILES string of the molecule is COC(=O)C1(Oc2cc(Cl)ccc2CN2CCN(C(=O)OC(C)(C)C)CC2)CC1. The number of amides is 1. The number of halogens is 1. The van der Waals surface area contributed by atoms with Gasteiger partial charge < -0.3 is 19.1 Å². The average molecular weight is 425 g/mol. The number of carbonyl (C=O) groups is 2. The summed E-state index contributed by atoms with van der Waals surface area (Å²) >= 11 is 6.16. The highest BCUT2D eigenvalue weighted by molar-refractivity contribution is 6.30. The number of carbonyl (C=O) groups excluding carboxylic acids is 2. The van der Waals surface area contributed by atoms with E-state index in [9.17, 15) is 9.59 Å². The van der Waals surface area contributed by atoms with Crippen molar-refractivity contribution in [3.63, 3.8) is 0 Å². The van der Waals surface area contributed by atoms with E-state index in [4.69, 9.17) is 25.8 Å². The maximum Gasteiger partial charge on any atom is 0.410 e. The molecule has 0 bridgehead atoms. The Labute approximate surface area is 176 Å². The number of nitrogens with zero attached hydrogens (tertiary/aromatic N) is 2. The van der Waals surface area contributed by atoms with E-state index in [1.54, 1.807) is 11.0 Å². The van der Waals surface area contributed by atoms with Crippen LogP contribution in [0.2, 0.25) is 5.02 Å². The molecule has 2 aliphatic rings. The average Bonchev–Trinajstić information content (AvgIpc) is 3.43. The second-order valence-corrected chi connectivity index (χ2v) is 9.02. The molecule has 0 atom stereocenters. The van der Waals surface area contributed by atoms with E-state index in [0.29, 0.717) is 43.2 Å². The number of esters is 1. The number of piperazine rings is 1. The van der Waals surface area contributed by atoms with Crippen molar-refractivity contribution in [3.05, 3.63) is 28.8 Å². The zero-order valence-corrected chi connectivity index (χ0v) is 18.3. The van der Waals surface area contributed by atoms with Crippen LogP contribution in [-0.4, -0.2) is 66.4 Å². The lowest BCUT2D eigenvalue weighted by atomic mass is 10.1. The van der Waals surface area contributed by atoms with Crippen molar-refractivity contribution in [2.75, 3.05) is 33.3 Å². The smallest absolute Gasteiger partial charge is 0.410 e. The van der Waals surface area contributed by atoms with Gasteiger partial charge in [0.1, 0.15) is 11.4 Å². The summed E-state index contributed by atoms with van der Waals surface area (Å²) in [5.74, 6) is 0.254. The second-order valence-electron chi connectivity index (χ2n) is 8.58. The van der Waals surface area contributed by atoms with Gasteiger partial charge in [0.15, 0.2) is 0 Å². The highest BCUT2D eigenvalue weighted by Crippen LogP contribution is 2.43. The highest BCUT2D eigenvalue weighted by atomic mass is 35.5. The first-order valence-electron chi connectivity index (χ1n) is 9.88. The van der Waals surface area contributed by atoms with Crippen LogP contribution in [0, 0.1) is 0 Å². The zero-order valence-electron chi connectivity index (χ0n) is 17.5. The third kappa shape index (κ3) is 5.54. The lowest BCUT2D eigenvalue weighted by Gasteiger charge is -2.35. The van der Waals surface area contributed by atoms with E-state index in [-0.39, 0.29) is 12.1 Å². The molecule has 0 radical (unpaired) electrons. The lowest BCUT2D eigenvalue weighted by molar-refractivity contribution is -0.151. The molecule has 29 heavy (non-hydrogen) atoms. The molecule has 1 amide bonds. The van der Waals surface area contributed by atoms with Gasteiger partial charge >= 0.3 is 12.1 Å². The molecular formula is C21H29ClN2O5. The molecule has 3 rings (SSSR count). The van der Waals surface area contributed by atoms with Gasteiger partial charge in [0.05, 0.1) is 7.11 Å². The monoisotopic (exact) mass is 424 g/mol. The molecule has 7 nitrogen and oxygen atoms in total. The van der Waals surface area contributed by atoms with Crippen LogP contribution in [-0.2, 0) is 20.8 Å². The van der Waals surface area contributed by atoms with Gasteiger partial charge in [0.25, 0.3) is 0 Å². The first-order valence-corrected chi connectivity index (χ1v) is 10.3. The minimum Gasteiger partial charge on any atom is -0.475 e. The van der Waals surface area contributed by atoms with Crippen molar-refractivity contribution in [1.29, 1.82) is 0 Å². The molecule has 1 aliphatic carbocycles. The van der Waals surface area contributed by atoms with Crippen LogP contribution in [0.15, 0.2) is 18.2 Å². The van der Waals surface area contributed by atoms with Crippen LogP contribution in [0.25, 0.3) is 0 Å². The predicted octanol–water partition coefficient (Wildman–Crippen LogP) is 3.48. The van der Waals surface area contributed by atoms with Crippen LogP contribution in [0.3, 0.4) is 0 Å². The van der Waals surface area contributed by atoms with Crippen LogP contribution in [0.1, 0.15) is 39.2 Å². The number of rotatable bonds is 5. The predicted molar refractivity (Wildman–Crippen MR) is 109 cm³/mol. The minimum atomic E-state index is -0.885. The normalized spacial score (nSPS) is 18.9. The Balaban J connectivity index is 1.62. The molecule has 8 heteroatoms. The number of hydrogen-bond donors (Lipinski definition) is 0. The number of benzene rings is 1. The molecule has 1 saturated carbocycles. The number of methoxy groups -OCH3 is 1. The first-order chi connectivity index (χ1) is 13.6. The van der Waals surface area contributed by atoms with Gasteiger partial charge in [-0.15, -0.1) is 0 Å². The Hall–Kier alpha value is -1.99. The zero-order chi connectivity index (χ0) is 21.2. The molecule has 0 spiro atoms. The van der Waals surface area contributed by atoms with E-state index >= 15 is 0 Å². The Morgan fingerprint density at radius 2 is 1.79 bits per heavy atom. The molecule has 2 fully saturated rings. The lowest BCUT2D eigenvalue weighted by Crippen LogP contribution is -2.49. The van der Waals surface area contributed by atoms with Crippen molar-refractivity contribution < 1.29 is 23.8 Å². The van der Waals surface area contributed by atoms with E-state index < -0.39 is 11.2 Å². The van der Waals surface area contributed by atoms with Crippen LogP contribution >= 0.6 is 11.6 Å². The summed E-state index contributed by atoms with van der Waals surface area (Å²) < 4.78 is 16.4. The van der Waals surface area contributed by atoms with Crippen LogP contribution in [0.4, 0.5) is 4.79 Å². The van der Waals surface area contributed by atoms with E-state index in [0.717, 1.165) is 18.7 Å².